The molecule has 0 aromatic carbocycles. The van der Waals surface area contributed by atoms with Gasteiger partial charge in [0.2, 0.25) is 20.1 Å². The summed E-state index contributed by atoms with van der Waals surface area (Å²) in [6, 6.07) is 0. The molecular formula is C12H22ClN3O2Si2. The summed E-state index contributed by atoms with van der Waals surface area (Å²) < 4.78 is 7.56. The van der Waals surface area contributed by atoms with E-state index >= 15 is 0 Å². The van der Waals surface area contributed by atoms with E-state index < -0.39 is 16.6 Å². The Morgan fingerprint density at radius 3 is 2.20 bits per heavy atom. The predicted octanol–water partition coefficient (Wildman–Crippen LogP) is 3.53. The van der Waals surface area contributed by atoms with Gasteiger partial charge in [0.05, 0.1) is 11.9 Å². The van der Waals surface area contributed by atoms with Crippen LogP contribution in [0.2, 0.25) is 44.3 Å². The fourth-order valence-electron chi connectivity index (χ4n) is 1.86. The summed E-state index contributed by atoms with van der Waals surface area (Å²) in [4.78, 5) is 12.0. The number of hydrogen-bond donors (Lipinski definition) is 0. The maximum atomic E-state index is 12.0. The number of carbonyl (C=O) groups excluding carboxylic acids is 1. The quantitative estimate of drug-likeness (QED) is 0.792. The maximum absolute atomic E-state index is 12.0. The number of carbonyl (C=O) groups is 1. The molecule has 20 heavy (non-hydrogen) atoms. The Kier molecular flexibility index (Phi) is 4.99. The molecule has 1 aromatic heterocycles. The molecule has 0 unspecified atom stereocenters. The van der Waals surface area contributed by atoms with Crippen molar-refractivity contribution in [2.45, 2.75) is 46.2 Å². The first-order chi connectivity index (χ1) is 8.93. The largest absolute Gasteiger partial charge is 0.529 e. The minimum atomic E-state index is -1.92. The van der Waals surface area contributed by atoms with Gasteiger partial charge < -0.3 is 8.99 Å². The number of rotatable bonds is 4. The standard InChI is InChI=1S/C12H22ClN3O2Si2/c1-9(17)16(19(2,3)4)10-8-14-15-12(11(10)13)18-20(5,6)7/h8H,1-7H3. The Bertz CT molecular complexity index is 512. The van der Waals surface area contributed by atoms with Gasteiger partial charge in [-0.3, -0.25) is 4.79 Å². The molecule has 0 fully saturated rings. The molecule has 1 amide bonds. The Balaban J connectivity index is 3.32. The minimum Gasteiger partial charge on any atom is -0.529 e. The molecule has 0 radical (unpaired) electrons. The summed E-state index contributed by atoms with van der Waals surface area (Å²) in [7, 11) is -3.76. The molecule has 0 N–H and O–H groups in total. The molecule has 0 bridgehead atoms. The number of halogens is 1. The van der Waals surface area contributed by atoms with Crippen molar-refractivity contribution in [2.24, 2.45) is 0 Å². The molecule has 1 rings (SSSR count). The van der Waals surface area contributed by atoms with Crippen LogP contribution >= 0.6 is 11.6 Å². The van der Waals surface area contributed by atoms with Crippen LogP contribution in [0, 0.1) is 0 Å². The topological polar surface area (TPSA) is 55.3 Å². The monoisotopic (exact) mass is 331 g/mol. The van der Waals surface area contributed by atoms with Crippen molar-refractivity contribution in [1.82, 2.24) is 10.2 Å². The van der Waals surface area contributed by atoms with Crippen molar-refractivity contribution in [3.63, 3.8) is 0 Å². The number of amides is 1. The Morgan fingerprint density at radius 2 is 1.80 bits per heavy atom. The fraction of sp³-hybridized carbons (Fsp3) is 0.583. The van der Waals surface area contributed by atoms with E-state index in [-0.39, 0.29) is 5.91 Å². The van der Waals surface area contributed by atoms with Crippen LogP contribution in [0.1, 0.15) is 6.92 Å². The van der Waals surface area contributed by atoms with Crippen molar-refractivity contribution in [1.29, 1.82) is 0 Å². The molecule has 1 aromatic rings. The van der Waals surface area contributed by atoms with E-state index in [0.29, 0.717) is 16.6 Å². The number of nitrogens with zero attached hydrogens (tertiary/aromatic N) is 3. The zero-order valence-corrected chi connectivity index (χ0v) is 15.9. The third kappa shape index (κ3) is 4.29. The molecule has 0 aliphatic carbocycles. The van der Waals surface area contributed by atoms with Crippen LogP contribution in [-0.4, -0.2) is 32.7 Å². The normalized spacial score (nSPS) is 12.2. The lowest BCUT2D eigenvalue weighted by atomic mass is 10.4. The highest BCUT2D eigenvalue weighted by atomic mass is 35.5. The van der Waals surface area contributed by atoms with Crippen molar-refractivity contribution >= 4 is 39.7 Å². The van der Waals surface area contributed by atoms with Crippen molar-refractivity contribution in [3.8, 4) is 5.88 Å². The van der Waals surface area contributed by atoms with Crippen LogP contribution in [0.5, 0.6) is 5.88 Å². The summed E-state index contributed by atoms with van der Waals surface area (Å²) in [6.07, 6.45) is 1.53. The number of anilines is 1. The number of hydrogen-bond acceptors (Lipinski definition) is 4. The third-order valence-corrected chi connectivity index (χ3v) is 5.43. The summed E-state index contributed by atoms with van der Waals surface area (Å²) in [5.41, 5.74) is 0.585. The van der Waals surface area contributed by atoms with Gasteiger partial charge >= 0.3 is 0 Å². The minimum absolute atomic E-state index is 0.0435. The second kappa shape index (κ2) is 5.83. The maximum Gasteiger partial charge on any atom is 0.244 e. The van der Waals surface area contributed by atoms with Crippen LogP contribution in [-0.2, 0) is 4.79 Å². The van der Waals surface area contributed by atoms with Gasteiger partial charge in [-0.25, -0.2) is 0 Å². The molecule has 1 heterocycles. The molecule has 0 saturated carbocycles. The van der Waals surface area contributed by atoms with Gasteiger partial charge in [0.1, 0.15) is 5.02 Å². The van der Waals surface area contributed by atoms with Crippen LogP contribution in [0.15, 0.2) is 6.20 Å². The lowest BCUT2D eigenvalue weighted by molar-refractivity contribution is -0.115. The Labute approximate surface area is 127 Å². The van der Waals surface area contributed by atoms with Gasteiger partial charge in [0.25, 0.3) is 0 Å². The van der Waals surface area contributed by atoms with E-state index in [1.54, 1.807) is 4.57 Å². The van der Waals surface area contributed by atoms with Crippen LogP contribution in [0.4, 0.5) is 5.69 Å². The van der Waals surface area contributed by atoms with Crippen molar-refractivity contribution in [3.05, 3.63) is 11.2 Å². The van der Waals surface area contributed by atoms with Crippen LogP contribution in [0.3, 0.4) is 0 Å². The molecule has 0 saturated heterocycles. The molecule has 0 atom stereocenters. The Hall–Kier alpha value is -0.926. The second-order valence-electron chi connectivity index (χ2n) is 6.59. The first kappa shape index (κ1) is 17.1. The van der Waals surface area contributed by atoms with E-state index in [1.807, 2.05) is 19.6 Å². The molecule has 5 nitrogen and oxygen atoms in total. The zero-order valence-electron chi connectivity index (χ0n) is 13.1. The van der Waals surface area contributed by atoms with Gasteiger partial charge in [0, 0.05) is 6.92 Å². The first-order valence-electron chi connectivity index (χ1n) is 6.44. The van der Waals surface area contributed by atoms with Gasteiger partial charge in [-0.05, 0) is 19.6 Å². The molecule has 0 spiro atoms. The van der Waals surface area contributed by atoms with E-state index in [2.05, 4.69) is 29.8 Å². The fourth-order valence-corrected chi connectivity index (χ4v) is 4.77. The molecule has 0 aliphatic rings. The SMILES string of the molecule is CC(=O)N(c1cnnc(O[Si](C)(C)C)c1Cl)[Si](C)(C)C. The lowest BCUT2D eigenvalue weighted by Gasteiger charge is -2.34. The first-order valence-corrected chi connectivity index (χ1v) is 13.7. The second-order valence-corrected chi connectivity index (χ2v) is 16.2. The highest BCUT2D eigenvalue weighted by molar-refractivity contribution is 6.83. The van der Waals surface area contributed by atoms with Crippen molar-refractivity contribution in [2.75, 3.05) is 4.57 Å². The van der Waals surface area contributed by atoms with Gasteiger partial charge in [0.15, 0.2) is 8.24 Å². The van der Waals surface area contributed by atoms with Crippen molar-refractivity contribution < 1.29 is 9.22 Å². The van der Waals surface area contributed by atoms with Crippen LogP contribution < -0.4 is 8.99 Å². The third-order valence-electron chi connectivity index (χ3n) is 2.37. The van der Waals surface area contributed by atoms with Gasteiger partial charge in [-0.15, -0.1) is 5.10 Å². The zero-order chi connectivity index (χ0) is 15.7. The highest BCUT2D eigenvalue weighted by Crippen LogP contribution is 2.35. The Morgan fingerprint density at radius 1 is 1.25 bits per heavy atom. The van der Waals surface area contributed by atoms with E-state index in [4.69, 9.17) is 16.0 Å². The highest BCUT2D eigenvalue weighted by Gasteiger charge is 2.31. The average Bonchev–Trinajstić information content (AvgIpc) is 2.19. The van der Waals surface area contributed by atoms with E-state index in [9.17, 15) is 4.79 Å². The summed E-state index contributed by atoms with van der Waals surface area (Å²) in [5, 5.41) is 8.25. The summed E-state index contributed by atoms with van der Waals surface area (Å²) in [6.45, 7) is 13.9. The van der Waals surface area contributed by atoms with E-state index in [0.717, 1.165) is 0 Å². The smallest absolute Gasteiger partial charge is 0.244 e. The molecule has 112 valence electrons. The lowest BCUT2D eigenvalue weighted by Crippen LogP contribution is -2.49. The predicted molar refractivity (Wildman–Crippen MR) is 87.5 cm³/mol. The van der Waals surface area contributed by atoms with E-state index in [1.165, 1.54) is 13.1 Å². The molecule has 8 heteroatoms. The number of aromatic nitrogens is 2. The van der Waals surface area contributed by atoms with Crippen LogP contribution in [0.25, 0.3) is 0 Å². The molecular weight excluding hydrogens is 310 g/mol. The average molecular weight is 332 g/mol. The van der Waals surface area contributed by atoms with Gasteiger partial charge in [-0.2, -0.15) is 5.10 Å². The summed E-state index contributed by atoms with van der Waals surface area (Å²) in [5.74, 6) is 0.269. The molecule has 0 aliphatic heterocycles. The summed E-state index contributed by atoms with van der Waals surface area (Å²) >= 11 is 6.38. The van der Waals surface area contributed by atoms with Gasteiger partial charge in [-0.1, -0.05) is 31.2 Å².